The molecule has 0 bridgehead atoms. The van der Waals surface area contributed by atoms with Gasteiger partial charge in [0.05, 0.1) is 42.3 Å². The maximum Gasteiger partial charge on any atom is 0.433 e. The van der Waals surface area contributed by atoms with Crippen molar-refractivity contribution >= 4 is 53.7 Å². The molecule has 2 aromatic rings. The highest BCUT2D eigenvalue weighted by Crippen LogP contribution is 2.36. The fourth-order valence-electron chi connectivity index (χ4n) is 2.89. The number of rotatable bonds is 11. The van der Waals surface area contributed by atoms with E-state index >= 15 is 0 Å². The first kappa shape index (κ1) is 23.4. The highest BCUT2D eigenvalue weighted by atomic mass is 79.9. The lowest BCUT2D eigenvalue weighted by Gasteiger charge is -2.28. The Kier molecular flexibility index (Phi) is 8.98. The first-order valence-electron chi connectivity index (χ1n) is 9.00. The largest absolute Gasteiger partial charge is 0.491 e. The van der Waals surface area contributed by atoms with Gasteiger partial charge in [-0.3, -0.25) is 10.1 Å². The second-order valence-electron chi connectivity index (χ2n) is 7.28. The third kappa shape index (κ3) is 7.50. The van der Waals surface area contributed by atoms with Gasteiger partial charge in [-0.15, -0.1) is 0 Å². The summed E-state index contributed by atoms with van der Waals surface area (Å²) in [5.41, 5.74) is 0. The lowest BCUT2D eigenvalue weighted by molar-refractivity contribution is -0.904. The zero-order chi connectivity index (χ0) is 20.7. The van der Waals surface area contributed by atoms with Crippen molar-refractivity contribution in [2.24, 2.45) is 0 Å². The van der Waals surface area contributed by atoms with E-state index in [0.717, 1.165) is 55.9 Å². The van der Waals surface area contributed by atoms with Crippen LogP contribution in [0.2, 0.25) is 0 Å². The molecule has 154 valence electrons. The van der Waals surface area contributed by atoms with Crippen LogP contribution in [0.5, 0.6) is 5.75 Å². The molecule has 0 aliphatic rings. The first-order chi connectivity index (χ1) is 13.2. The summed E-state index contributed by atoms with van der Waals surface area (Å²) < 4.78 is 14.7. The van der Waals surface area contributed by atoms with Crippen molar-refractivity contribution in [3.05, 3.63) is 53.6 Å². The molecule has 1 heterocycles. The molecule has 2 rings (SSSR count). The highest BCUT2D eigenvalue weighted by Gasteiger charge is 2.20. The second-order valence-corrected chi connectivity index (χ2v) is 9.90. The topological polar surface area (TPSA) is 65.5 Å². The lowest BCUT2D eigenvalue weighted by Crippen LogP contribution is -2.39. The Bertz CT molecular complexity index is 785. The van der Waals surface area contributed by atoms with Gasteiger partial charge in [-0.25, -0.2) is 0 Å². The quantitative estimate of drug-likeness (QED) is 0.128. The predicted octanol–water partition coefficient (Wildman–Crippen LogP) is 6.69. The van der Waals surface area contributed by atoms with Gasteiger partial charge in [-0.2, -0.15) is 0 Å². The molecule has 0 amide bonds. The zero-order valence-electron chi connectivity index (χ0n) is 15.9. The van der Waals surface area contributed by atoms with Gasteiger partial charge < -0.3 is 13.6 Å². The van der Waals surface area contributed by atoms with E-state index < -0.39 is 4.92 Å². The molecule has 0 atom stereocenters. The van der Waals surface area contributed by atoms with E-state index in [4.69, 9.17) is 9.15 Å². The van der Waals surface area contributed by atoms with Gasteiger partial charge in [-0.05, 0) is 75.7 Å². The zero-order valence-corrected chi connectivity index (χ0v) is 20.7. The fraction of sp³-hybridized carbons (Fsp3) is 0.474. The van der Waals surface area contributed by atoms with Gasteiger partial charge in [0.25, 0.3) is 0 Å². The SMILES string of the molecule is C[N+](C)(CCCCCCOc1c(Br)cc(Br)cc1Br)Cc1ccc([N+](=O)[O-])o1. The standard InChI is InChI=1S/C19H24Br3N2O4/c1-24(2,13-15-7-8-18(28-15)23(25)26)9-5-3-4-6-10-27-19-16(21)11-14(20)12-17(19)22/h7-8,11-12H,3-6,9-10,13H2,1-2H3/q+1. The van der Waals surface area contributed by atoms with Crippen molar-refractivity contribution < 1.29 is 18.6 Å². The summed E-state index contributed by atoms with van der Waals surface area (Å²) in [5.74, 6) is 1.28. The molecule has 28 heavy (non-hydrogen) atoms. The molecule has 0 saturated heterocycles. The van der Waals surface area contributed by atoms with Crippen LogP contribution >= 0.6 is 47.8 Å². The summed E-state index contributed by atoms with van der Waals surface area (Å²) in [7, 11) is 4.22. The Morgan fingerprint density at radius 2 is 1.71 bits per heavy atom. The number of hydrogen-bond donors (Lipinski definition) is 0. The molecule has 6 nitrogen and oxygen atoms in total. The molecule has 0 unspecified atom stereocenters. The molecule has 1 aromatic carbocycles. The fourth-order valence-corrected chi connectivity index (χ4v) is 5.37. The first-order valence-corrected chi connectivity index (χ1v) is 11.4. The van der Waals surface area contributed by atoms with E-state index in [2.05, 4.69) is 61.9 Å². The van der Waals surface area contributed by atoms with Crippen LogP contribution in [0.4, 0.5) is 5.88 Å². The van der Waals surface area contributed by atoms with Crippen molar-refractivity contribution in [1.29, 1.82) is 0 Å². The minimum Gasteiger partial charge on any atom is -0.491 e. The molecule has 0 radical (unpaired) electrons. The van der Waals surface area contributed by atoms with Gasteiger partial charge in [0.15, 0.2) is 5.76 Å². The van der Waals surface area contributed by atoms with E-state index in [9.17, 15) is 10.1 Å². The van der Waals surface area contributed by atoms with Gasteiger partial charge in [-0.1, -0.05) is 15.9 Å². The van der Waals surface area contributed by atoms with Crippen LogP contribution in [-0.4, -0.2) is 36.7 Å². The minimum atomic E-state index is -0.503. The van der Waals surface area contributed by atoms with E-state index in [1.165, 1.54) is 6.07 Å². The van der Waals surface area contributed by atoms with Crippen LogP contribution in [0.3, 0.4) is 0 Å². The van der Waals surface area contributed by atoms with Gasteiger partial charge >= 0.3 is 5.88 Å². The summed E-state index contributed by atoms with van der Waals surface area (Å²) in [4.78, 5) is 10.2. The number of halogens is 3. The van der Waals surface area contributed by atoms with Crippen LogP contribution in [-0.2, 0) is 6.54 Å². The second kappa shape index (κ2) is 10.8. The average Bonchev–Trinajstić information content (AvgIpc) is 3.03. The maximum atomic E-state index is 10.7. The monoisotopic (exact) mass is 581 g/mol. The third-order valence-corrected chi connectivity index (χ3v) is 5.91. The third-order valence-electron chi connectivity index (χ3n) is 4.28. The van der Waals surface area contributed by atoms with Crippen molar-refractivity contribution in [3.63, 3.8) is 0 Å². The molecular weight excluding hydrogens is 560 g/mol. The van der Waals surface area contributed by atoms with Crippen LogP contribution in [0.25, 0.3) is 0 Å². The summed E-state index contributed by atoms with van der Waals surface area (Å²) in [6, 6.07) is 7.03. The summed E-state index contributed by atoms with van der Waals surface area (Å²) >= 11 is 10.5. The Labute approximate surface area is 190 Å². The molecule has 0 spiro atoms. The number of nitrogens with zero attached hydrogens (tertiary/aromatic N) is 2. The predicted molar refractivity (Wildman–Crippen MR) is 120 cm³/mol. The Balaban J connectivity index is 1.65. The van der Waals surface area contributed by atoms with Gasteiger partial charge in [0, 0.05) is 4.47 Å². The Morgan fingerprint density at radius 3 is 2.32 bits per heavy atom. The number of nitro groups is 1. The molecule has 0 aliphatic heterocycles. The maximum absolute atomic E-state index is 10.7. The minimum absolute atomic E-state index is 0.195. The van der Waals surface area contributed by atoms with Crippen molar-refractivity contribution in [2.45, 2.75) is 32.2 Å². The average molecular weight is 584 g/mol. The van der Waals surface area contributed by atoms with Crippen molar-refractivity contribution in [3.8, 4) is 5.75 Å². The number of hydrogen-bond acceptors (Lipinski definition) is 4. The van der Waals surface area contributed by atoms with E-state index in [0.29, 0.717) is 18.9 Å². The number of ether oxygens (including phenoxy) is 1. The number of quaternary nitrogens is 1. The number of benzene rings is 1. The highest BCUT2D eigenvalue weighted by molar-refractivity contribution is 9.11. The molecule has 0 N–H and O–H groups in total. The Morgan fingerprint density at radius 1 is 1.07 bits per heavy atom. The summed E-state index contributed by atoms with van der Waals surface area (Å²) in [6.07, 6.45) is 4.29. The molecule has 9 heteroatoms. The van der Waals surface area contributed by atoms with E-state index in [1.54, 1.807) is 6.07 Å². The Hall–Kier alpha value is -0.900. The van der Waals surface area contributed by atoms with E-state index in [1.807, 2.05) is 12.1 Å². The molecule has 0 aliphatic carbocycles. The summed E-state index contributed by atoms with van der Waals surface area (Å²) in [6.45, 7) is 2.30. The number of furan rings is 1. The van der Waals surface area contributed by atoms with Crippen LogP contribution < -0.4 is 4.74 Å². The van der Waals surface area contributed by atoms with E-state index in [-0.39, 0.29) is 5.88 Å². The molecule has 1 aromatic heterocycles. The van der Waals surface area contributed by atoms with Crippen LogP contribution in [0, 0.1) is 10.1 Å². The smallest absolute Gasteiger partial charge is 0.433 e. The van der Waals surface area contributed by atoms with Gasteiger partial charge in [0.2, 0.25) is 0 Å². The lowest BCUT2D eigenvalue weighted by atomic mass is 10.2. The normalized spacial score (nSPS) is 11.6. The number of unbranched alkanes of at least 4 members (excludes halogenated alkanes) is 3. The van der Waals surface area contributed by atoms with Crippen molar-refractivity contribution in [1.82, 2.24) is 0 Å². The van der Waals surface area contributed by atoms with Crippen molar-refractivity contribution in [2.75, 3.05) is 27.2 Å². The van der Waals surface area contributed by atoms with Crippen LogP contribution in [0.15, 0.2) is 42.1 Å². The molecular formula is C19H24Br3N2O4+. The van der Waals surface area contributed by atoms with Crippen LogP contribution in [0.1, 0.15) is 31.4 Å². The molecule has 0 fully saturated rings. The molecule has 0 saturated carbocycles. The van der Waals surface area contributed by atoms with Gasteiger partial charge in [0.1, 0.15) is 17.2 Å². The summed E-state index contributed by atoms with van der Waals surface area (Å²) in [5, 5.41) is 10.7.